The summed E-state index contributed by atoms with van der Waals surface area (Å²) in [5.41, 5.74) is 3.76. The minimum atomic E-state index is 0.0947. The molecule has 1 saturated heterocycles. The summed E-state index contributed by atoms with van der Waals surface area (Å²) < 4.78 is 0. The van der Waals surface area contributed by atoms with Crippen LogP contribution < -0.4 is 0 Å². The van der Waals surface area contributed by atoms with E-state index >= 15 is 0 Å². The number of fused-ring (bicyclic) bond motifs is 1. The Bertz CT molecular complexity index is 713. The van der Waals surface area contributed by atoms with E-state index in [1.165, 1.54) is 16.3 Å². The van der Waals surface area contributed by atoms with Crippen LogP contribution in [-0.2, 0) is 0 Å². The first-order chi connectivity index (χ1) is 10.7. The number of rotatable bonds is 2. The molecule has 22 heavy (non-hydrogen) atoms. The topological polar surface area (TPSA) is 28.5 Å². The van der Waals surface area contributed by atoms with E-state index in [1.807, 2.05) is 24.0 Å². The van der Waals surface area contributed by atoms with Crippen molar-refractivity contribution < 1.29 is 0 Å². The summed E-state index contributed by atoms with van der Waals surface area (Å²) in [7, 11) is 0. The maximum atomic E-state index is 5.01. The lowest BCUT2D eigenvalue weighted by molar-refractivity contribution is 0.320. The lowest BCUT2D eigenvalue weighted by Crippen LogP contribution is -2.29. The Balaban J connectivity index is 1.81. The molecule has 1 fully saturated rings. The first-order valence-corrected chi connectivity index (χ1v) is 8.59. The summed E-state index contributed by atoms with van der Waals surface area (Å²) in [4.78, 5) is 12.1. The number of aryl methyl sites for hydroxylation is 1. The Morgan fingerprint density at radius 1 is 1.14 bits per heavy atom. The van der Waals surface area contributed by atoms with E-state index in [2.05, 4.69) is 60.1 Å². The van der Waals surface area contributed by atoms with Crippen LogP contribution in [-0.4, -0.2) is 26.8 Å². The van der Waals surface area contributed by atoms with Crippen molar-refractivity contribution >= 4 is 16.9 Å². The Hall–Kier alpha value is -1.81. The quantitative estimate of drug-likeness (QED) is 0.840. The van der Waals surface area contributed by atoms with Crippen molar-refractivity contribution in [3.05, 3.63) is 65.5 Å². The molecule has 0 N–H and O–H groups in total. The number of aliphatic imine (C=N–C) groups is 1. The molecule has 1 aromatic heterocycles. The predicted octanol–water partition coefficient (Wildman–Crippen LogP) is 3.98. The molecule has 3 nitrogen and oxygen atoms in total. The number of aromatic nitrogens is 1. The lowest BCUT2D eigenvalue weighted by Gasteiger charge is -2.28. The zero-order valence-corrected chi connectivity index (χ0v) is 13.6. The summed E-state index contributed by atoms with van der Waals surface area (Å²) in [6.45, 7) is 5.53. The molecule has 4 rings (SSSR count). The maximum Gasteiger partial charge on any atom is 0.160 e. The molecule has 2 aliphatic rings. The Morgan fingerprint density at radius 2 is 1.95 bits per heavy atom. The van der Waals surface area contributed by atoms with Crippen LogP contribution in [0.1, 0.15) is 35.8 Å². The summed E-state index contributed by atoms with van der Waals surface area (Å²) in [6, 6.07) is 15.1. The largest absolute Gasteiger partial charge is 0.341 e. The smallest absolute Gasteiger partial charge is 0.160 e. The van der Waals surface area contributed by atoms with Gasteiger partial charge in [0.1, 0.15) is 6.04 Å². The van der Waals surface area contributed by atoms with Gasteiger partial charge in [-0.15, -0.1) is 0 Å². The molecule has 0 amide bonds. The van der Waals surface area contributed by atoms with E-state index < -0.39 is 0 Å². The second-order valence-electron chi connectivity index (χ2n) is 5.99. The van der Waals surface area contributed by atoms with Crippen molar-refractivity contribution in [2.75, 3.05) is 6.54 Å². The highest BCUT2D eigenvalue weighted by atomic mass is 32.2. The van der Waals surface area contributed by atoms with Crippen LogP contribution in [0.3, 0.4) is 0 Å². The van der Waals surface area contributed by atoms with Crippen molar-refractivity contribution in [1.29, 1.82) is 0 Å². The van der Waals surface area contributed by atoms with Gasteiger partial charge in [-0.1, -0.05) is 49.0 Å². The Morgan fingerprint density at radius 3 is 2.73 bits per heavy atom. The van der Waals surface area contributed by atoms with Gasteiger partial charge >= 0.3 is 0 Å². The summed E-state index contributed by atoms with van der Waals surface area (Å²) in [5, 5.41) is 1.78. The lowest BCUT2D eigenvalue weighted by atomic mass is 9.93. The highest BCUT2D eigenvalue weighted by molar-refractivity contribution is 8.14. The standard InChI is InChI=1S/C18H19N3S/c1-12-7-3-4-8-14(12)17-16(15-9-5-6-10-19-15)20-18-21(17)11-13(2)22-18/h3-10,13,16-17H,11H2,1-2H3/t13-,16-,17+/m0/s1. The van der Waals surface area contributed by atoms with E-state index in [9.17, 15) is 0 Å². The number of benzene rings is 1. The van der Waals surface area contributed by atoms with Crippen LogP contribution in [0, 0.1) is 6.92 Å². The fraction of sp³-hybridized carbons (Fsp3) is 0.333. The first kappa shape index (κ1) is 13.8. The number of pyridine rings is 1. The zero-order valence-electron chi connectivity index (χ0n) is 12.8. The maximum absolute atomic E-state index is 5.01. The molecule has 2 aromatic rings. The number of thioether (sulfide) groups is 1. The van der Waals surface area contributed by atoms with Crippen LogP contribution in [0.15, 0.2) is 53.7 Å². The average molecular weight is 309 g/mol. The van der Waals surface area contributed by atoms with E-state index in [-0.39, 0.29) is 12.1 Å². The van der Waals surface area contributed by atoms with Gasteiger partial charge in [0.15, 0.2) is 5.17 Å². The highest BCUT2D eigenvalue weighted by Gasteiger charge is 2.43. The molecule has 0 spiro atoms. The molecule has 0 saturated carbocycles. The number of hydrogen-bond acceptors (Lipinski definition) is 4. The number of amidine groups is 1. The number of nitrogens with zero attached hydrogens (tertiary/aromatic N) is 3. The first-order valence-electron chi connectivity index (χ1n) is 7.71. The second kappa shape index (κ2) is 5.43. The average Bonchev–Trinajstić information content (AvgIpc) is 3.05. The molecule has 4 heteroatoms. The normalized spacial score (nSPS) is 26.9. The molecule has 0 radical (unpaired) electrons. The SMILES string of the molecule is Cc1ccccc1[C@@H]1[C@H](c2ccccn2)N=C2S[C@@H](C)CN21. The molecule has 112 valence electrons. The molecule has 0 unspecified atom stereocenters. The minimum Gasteiger partial charge on any atom is -0.341 e. The third-order valence-electron chi connectivity index (χ3n) is 4.39. The molecular formula is C18H19N3S. The van der Waals surface area contributed by atoms with Crippen LogP contribution in [0.2, 0.25) is 0 Å². The van der Waals surface area contributed by atoms with Crippen molar-refractivity contribution in [3.8, 4) is 0 Å². The Kier molecular flexibility index (Phi) is 3.41. The van der Waals surface area contributed by atoms with Crippen molar-refractivity contribution in [2.45, 2.75) is 31.2 Å². The molecule has 0 bridgehead atoms. The van der Waals surface area contributed by atoms with Crippen LogP contribution in [0.4, 0.5) is 0 Å². The van der Waals surface area contributed by atoms with Crippen LogP contribution in [0.5, 0.6) is 0 Å². The van der Waals surface area contributed by atoms with Gasteiger partial charge in [0, 0.05) is 18.0 Å². The van der Waals surface area contributed by atoms with Crippen LogP contribution in [0.25, 0.3) is 0 Å². The monoisotopic (exact) mass is 309 g/mol. The van der Waals surface area contributed by atoms with Gasteiger partial charge < -0.3 is 4.90 Å². The predicted molar refractivity (Wildman–Crippen MR) is 92.1 cm³/mol. The Labute approximate surface area is 135 Å². The van der Waals surface area contributed by atoms with Gasteiger partial charge in [0.05, 0.1) is 11.7 Å². The van der Waals surface area contributed by atoms with Crippen molar-refractivity contribution in [3.63, 3.8) is 0 Å². The van der Waals surface area contributed by atoms with E-state index in [1.54, 1.807) is 0 Å². The molecule has 2 aliphatic heterocycles. The highest BCUT2D eigenvalue weighted by Crippen LogP contribution is 2.47. The number of hydrogen-bond donors (Lipinski definition) is 0. The van der Waals surface area contributed by atoms with Gasteiger partial charge in [0.2, 0.25) is 0 Å². The van der Waals surface area contributed by atoms with Crippen molar-refractivity contribution in [2.24, 2.45) is 4.99 Å². The second-order valence-corrected chi connectivity index (χ2v) is 7.40. The third kappa shape index (κ3) is 2.22. The summed E-state index contributed by atoms with van der Waals surface area (Å²) >= 11 is 1.89. The van der Waals surface area contributed by atoms with E-state index in [0.29, 0.717) is 5.25 Å². The zero-order chi connectivity index (χ0) is 15.1. The van der Waals surface area contributed by atoms with Crippen LogP contribution >= 0.6 is 11.8 Å². The fourth-order valence-corrected chi connectivity index (χ4v) is 4.47. The fourth-order valence-electron chi connectivity index (χ4n) is 3.37. The summed E-state index contributed by atoms with van der Waals surface area (Å²) in [6.07, 6.45) is 1.86. The van der Waals surface area contributed by atoms with E-state index in [0.717, 1.165) is 12.2 Å². The van der Waals surface area contributed by atoms with Gasteiger partial charge in [-0.25, -0.2) is 0 Å². The van der Waals surface area contributed by atoms with E-state index in [4.69, 9.17) is 4.99 Å². The third-order valence-corrected chi connectivity index (χ3v) is 5.49. The van der Waals surface area contributed by atoms with Gasteiger partial charge in [-0.3, -0.25) is 9.98 Å². The van der Waals surface area contributed by atoms with Gasteiger partial charge in [0.25, 0.3) is 0 Å². The van der Waals surface area contributed by atoms with Gasteiger partial charge in [-0.05, 0) is 30.2 Å². The molecule has 1 aromatic carbocycles. The molecule has 3 heterocycles. The molecule has 3 atom stereocenters. The van der Waals surface area contributed by atoms with Gasteiger partial charge in [-0.2, -0.15) is 0 Å². The molecule has 0 aliphatic carbocycles. The summed E-state index contributed by atoms with van der Waals surface area (Å²) in [5.74, 6) is 0. The molecular weight excluding hydrogens is 290 g/mol. The minimum absolute atomic E-state index is 0.0947. The van der Waals surface area contributed by atoms with Crippen molar-refractivity contribution in [1.82, 2.24) is 9.88 Å².